The van der Waals surface area contributed by atoms with E-state index in [-0.39, 0.29) is 0 Å². The fourth-order valence-corrected chi connectivity index (χ4v) is 1.49. The quantitative estimate of drug-likeness (QED) is 0.503. The normalized spacial score (nSPS) is 13.5. The van der Waals surface area contributed by atoms with E-state index >= 15 is 0 Å². The average molecular weight is 162 g/mol. The van der Waals surface area contributed by atoms with Crippen molar-refractivity contribution in [3.05, 3.63) is 12.4 Å². The first-order valence-corrected chi connectivity index (χ1v) is 4.63. The van der Waals surface area contributed by atoms with Crippen LogP contribution in [0.4, 0.5) is 5.69 Å². The summed E-state index contributed by atoms with van der Waals surface area (Å²) in [4.78, 5) is 3.06. The maximum Gasteiger partial charge on any atom is 0.0984 e. The lowest BCUT2D eigenvalue weighted by molar-refractivity contribution is 0.495. The van der Waals surface area contributed by atoms with Gasteiger partial charge in [-0.2, -0.15) is 10.6 Å². The van der Waals surface area contributed by atoms with Crippen molar-refractivity contribution in [3.63, 3.8) is 0 Å². The van der Waals surface area contributed by atoms with Gasteiger partial charge in [-0.1, -0.05) is 0 Å². The molecule has 0 aromatic carbocycles. The van der Waals surface area contributed by atoms with Crippen LogP contribution in [-0.2, 0) is 0 Å². The SMILES string of the molecule is CS(O)(O)c1c[nH]cc1N. The molecule has 58 valence electrons. The maximum absolute atomic E-state index is 9.10. The monoisotopic (exact) mass is 162 g/mol. The summed E-state index contributed by atoms with van der Waals surface area (Å²) < 4.78 is 18.2. The topological polar surface area (TPSA) is 82.3 Å². The number of anilines is 1. The van der Waals surface area contributed by atoms with E-state index in [4.69, 9.17) is 14.8 Å². The molecule has 0 atom stereocenters. The first-order chi connectivity index (χ1) is 4.52. The van der Waals surface area contributed by atoms with Crippen LogP contribution < -0.4 is 5.73 Å². The summed E-state index contributed by atoms with van der Waals surface area (Å²) in [6, 6.07) is 0. The lowest BCUT2D eigenvalue weighted by Crippen LogP contribution is -1.96. The Morgan fingerprint density at radius 3 is 2.30 bits per heavy atom. The largest absolute Gasteiger partial charge is 0.396 e. The molecule has 0 amide bonds. The van der Waals surface area contributed by atoms with Crippen molar-refractivity contribution >= 4 is 16.3 Å². The van der Waals surface area contributed by atoms with E-state index in [0.717, 1.165) is 0 Å². The molecule has 0 fully saturated rings. The third-order valence-electron chi connectivity index (χ3n) is 1.15. The zero-order valence-electron chi connectivity index (χ0n) is 5.53. The molecule has 0 aliphatic carbocycles. The van der Waals surface area contributed by atoms with Crippen LogP contribution in [0.2, 0.25) is 0 Å². The number of H-pyrrole nitrogens is 1. The summed E-state index contributed by atoms with van der Waals surface area (Å²) in [5, 5.41) is 0. The van der Waals surface area contributed by atoms with Crippen LogP contribution in [0, 0.1) is 0 Å². The molecule has 0 saturated heterocycles. The molecule has 10 heavy (non-hydrogen) atoms. The molecule has 0 aliphatic heterocycles. The highest BCUT2D eigenvalue weighted by Gasteiger charge is 2.12. The number of nitrogens with two attached hydrogens (primary N) is 1. The molecule has 1 rings (SSSR count). The van der Waals surface area contributed by atoms with E-state index in [1.807, 2.05) is 0 Å². The fraction of sp³-hybridized carbons (Fsp3) is 0.200. The number of rotatable bonds is 1. The van der Waals surface area contributed by atoms with Crippen LogP contribution in [-0.4, -0.2) is 20.3 Å². The Labute approximate surface area is 60.4 Å². The van der Waals surface area contributed by atoms with E-state index in [0.29, 0.717) is 10.6 Å². The van der Waals surface area contributed by atoms with Crippen molar-refractivity contribution in [2.45, 2.75) is 4.90 Å². The van der Waals surface area contributed by atoms with Crippen LogP contribution in [0.3, 0.4) is 0 Å². The van der Waals surface area contributed by atoms with Crippen LogP contribution in [0.5, 0.6) is 0 Å². The Morgan fingerprint density at radius 2 is 2.10 bits per heavy atom. The highest BCUT2D eigenvalue weighted by Crippen LogP contribution is 2.46. The molecule has 1 heterocycles. The van der Waals surface area contributed by atoms with Crippen molar-refractivity contribution in [2.24, 2.45) is 0 Å². The molecule has 0 radical (unpaired) electrons. The van der Waals surface area contributed by atoms with Gasteiger partial charge in [0.15, 0.2) is 0 Å². The van der Waals surface area contributed by atoms with Gasteiger partial charge in [0, 0.05) is 18.6 Å². The Balaban J connectivity index is 3.05. The average Bonchev–Trinajstić information content (AvgIpc) is 2.11. The van der Waals surface area contributed by atoms with Crippen LogP contribution in [0.25, 0.3) is 0 Å². The molecule has 1 aromatic rings. The lowest BCUT2D eigenvalue weighted by atomic mass is 10.6. The van der Waals surface area contributed by atoms with Crippen LogP contribution in [0.15, 0.2) is 17.3 Å². The predicted molar refractivity (Wildman–Crippen MR) is 42.2 cm³/mol. The number of nitrogen functional groups attached to an aromatic ring is 1. The van der Waals surface area contributed by atoms with Crippen LogP contribution >= 0.6 is 10.6 Å². The molecule has 0 unspecified atom stereocenters. The second-order valence-electron chi connectivity index (χ2n) is 2.11. The first kappa shape index (κ1) is 7.46. The Morgan fingerprint density at radius 1 is 1.50 bits per heavy atom. The first-order valence-electron chi connectivity index (χ1n) is 2.67. The highest BCUT2D eigenvalue weighted by molar-refractivity contribution is 8.23. The zero-order valence-corrected chi connectivity index (χ0v) is 6.35. The minimum absolute atomic E-state index is 0.382. The second-order valence-corrected chi connectivity index (χ2v) is 4.22. The van der Waals surface area contributed by atoms with Gasteiger partial charge in [-0.15, -0.1) is 0 Å². The predicted octanol–water partition coefficient (Wildman–Crippen LogP) is 1.34. The highest BCUT2D eigenvalue weighted by atomic mass is 32.3. The van der Waals surface area contributed by atoms with Crippen molar-refractivity contribution in [1.29, 1.82) is 0 Å². The van der Waals surface area contributed by atoms with Gasteiger partial charge in [0.2, 0.25) is 0 Å². The number of aromatic amines is 1. The summed E-state index contributed by atoms with van der Waals surface area (Å²) in [5.74, 6) is 0. The summed E-state index contributed by atoms with van der Waals surface area (Å²) in [7, 11) is -2.65. The van der Waals surface area contributed by atoms with Gasteiger partial charge in [0.1, 0.15) is 0 Å². The molecule has 1 aromatic heterocycles. The standard InChI is InChI=1S/C5H10N2O2S/c1-10(8,9)5-3-7-2-4(5)6/h2-3,7-9H,6H2,1H3. The van der Waals surface area contributed by atoms with Crippen molar-refractivity contribution in [2.75, 3.05) is 12.0 Å². The number of hydrogen-bond donors (Lipinski definition) is 4. The summed E-state index contributed by atoms with van der Waals surface area (Å²) in [6.45, 7) is 0. The molecule has 5 N–H and O–H groups in total. The van der Waals surface area contributed by atoms with E-state index in [1.54, 1.807) is 0 Å². The summed E-state index contributed by atoms with van der Waals surface area (Å²) >= 11 is 0. The number of hydrogen-bond acceptors (Lipinski definition) is 3. The molecular weight excluding hydrogens is 152 g/mol. The zero-order chi connectivity index (χ0) is 7.78. The summed E-state index contributed by atoms with van der Waals surface area (Å²) in [6.07, 6.45) is 4.35. The molecule has 0 saturated carbocycles. The minimum atomic E-state index is -2.65. The van der Waals surface area contributed by atoms with Gasteiger partial charge >= 0.3 is 0 Å². The third kappa shape index (κ3) is 1.26. The van der Waals surface area contributed by atoms with E-state index in [2.05, 4.69) is 4.98 Å². The summed E-state index contributed by atoms with van der Waals surface area (Å²) in [5.41, 5.74) is 5.79. The smallest absolute Gasteiger partial charge is 0.0984 e. The maximum atomic E-state index is 9.10. The Bertz CT molecular complexity index is 228. The van der Waals surface area contributed by atoms with Gasteiger partial charge in [-0.05, 0) is 0 Å². The van der Waals surface area contributed by atoms with Gasteiger partial charge in [-0.25, -0.2) is 0 Å². The van der Waals surface area contributed by atoms with Gasteiger partial charge in [0.05, 0.1) is 10.6 Å². The second kappa shape index (κ2) is 2.19. The molecule has 0 aliphatic rings. The molecular formula is C5H10N2O2S. The Kier molecular flexibility index (Phi) is 1.63. The molecule has 5 heteroatoms. The number of aromatic nitrogens is 1. The van der Waals surface area contributed by atoms with Crippen molar-refractivity contribution in [3.8, 4) is 0 Å². The molecule has 0 spiro atoms. The van der Waals surface area contributed by atoms with Crippen molar-refractivity contribution in [1.82, 2.24) is 4.98 Å². The van der Waals surface area contributed by atoms with Gasteiger partial charge < -0.3 is 10.7 Å². The van der Waals surface area contributed by atoms with E-state index in [9.17, 15) is 0 Å². The van der Waals surface area contributed by atoms with Gasteiger partial charge in [0.25, 0.3) is 0 Å². The van der Waals surface area contributed by atoms with E-state index in [1.165, 1.54) is 18.6 Å². The van der Waals surface area contributed by atoms with Gasteiger partial charge in [-0.3, -0.25) is 9.11 Å². The Hall–Kier alpha value is -0.650. The minimum Gasteiger partial charge on any atom is -0.396 e. The lowest BCUT2D eigenvalue weighted by Gasteiger charge is -2.25. The fourth-order valence-electron chi connectivity index (χ4n) is 0.696. The number of nitrogens with one attached hydrogen (secondary N) is 1. The third-order valence-corrected chi connectivity index (χ3v) is 2.34. The molecule has 0 bridgehead atoms. The van der Waals surface area contributed by atoms with Crippen molar-refractivity contribution < 1.29 is 9.11 Å². The van der Waals surface area contributed by atoms with Crippen LogP contribution in [0.1, 0.15) is 0 Å². The molecule has 4 nitrogen and oxygen atoms in total. The van der Waals surface area contributed by atoms with E-state index < -0.39 is 10.6 Å².